The maximum absolute atomic E-state index is 12.2. The van der Waals surface area contributed by atoms with Crippen LogP contribution in [-0.2, 0) is 20.2 Å². The summed E-state index contributed by atoms with van der Waals surface area (Å²) in [4.78, 5) is -0.763. The first kappa shape index (κ1) is 32.4. The van der Waals surface area contributed by atoms with E-state index in [0.29, 0.717) is 16.7 Å². The predicted octanol–water partition coefficient (Wildman–Crippen LogP) is -0.489. The first-order valence-corrected chi connectivity index (χ1v) is 13.6. The van der Waals surface area contributed by atoms with Crippen LogP contribution in [-0.4, -0.2) is 25.9 Å². The Morgan fingerprint density at radius 1 is 0.500 bits per heavy atom. The molecule has 0 N–H and O–H groups in total. The van der Waals surface area contributed by atoms with Gasteiger partial charge in [0.2, 0.25) is 0 Å². The molecule has 0 spiro atoms. The zero-order chi connectivity index (χ0) is 25.8. The molecular formula is C28H20Na2O6S2. The summed E-state index contributed by atoms with van der Waals surface area (Å²) < 4.78 is 70.6. The summed E-state index contributed by atoms with van der Waals surface area (Å²) >= 11 is 0. The SMILES string of the molecule is O=S(=O)([O-])c1ccc(-c2ccc(S(=O)(=O)[O-])c(/C=C/c3ccccc3)c2/C=C/c2ccccc2)cc1.[Na+].[Na+]. The molecule has 6 nitrogen and oxygen atoms in total. The van der Waals surface area contributed by atoms with Crippen molar-refractivity contribution < 1.29 is 85.1 Å². The summed E-state index contributed by atoms with van der Waals surface area (Å²) in [5.41, 5.74) is 3.39. The van der Waals surface area contributed by atoms with Crippen LogP contribution >= 0.6 is 0 Å². The summed E-state index contributed by atoms with van der Waals surface area (Å²) in [7, 11) is -9.45. The van der Waals surface area contributed by atoms with Gasteiger partial charge in [-0.1, -0.05) is 103 Å². The first-order valence-electron chi connectivity index (χ1n) is 10.8. The summed E-state index contributed by atoms with van der Waals surface area (Å²) in [6, 6.07) is 26.6. The molecule has 0 saturated carbocycles. The van der Waals surface area contributed by atoms with Crippen molar-refractivity contribution in [2.45, 2.75) is 9.79 Å². The van der Waals surface area contributed by atoms with Crippen LogP contribution in [0.3, 0.4) is 0 Å². The van der Waals surface area contributed by atoms with E-state index in [2.05, 4.69) is 0 Å². The number of hydrogen-bond acceptors (Lipinski definition) is 6. The van der Waals surface area contributed by atoms with Gasteiger partial charge in [-0.05, 0) is 51.6 Å². The molecule has 4 rings (SSSR count). The third-order valence-corrected chi connectivity index (χ3v) is 7.20. The fourth-order valence-corrected chi connectivity index (χ4v) is 4.88. The van der Waals surface area contributed by atoms with Crippen molar-refractivity contribution in [2.24, 2.45) is 0 Å². The molecule has 0 aliphatic carbocycles. The molecule has 0 radical (unpaired) electrons. The van der Waals surface area contributed by atoms with E-state index in [9.17, 15) is 25.9 Å². The van der Waals surface area contributed by atoms with Crippen LogP contribution in [0.5, 0.6) is 0 Å². The molecule has 0 atom stereocenters. The Hall–Kier alpha value is -1.82. The molecule has 4 aromatic rings. The van der Waals surface area contributed by atoms with E-state index in [-0.39, 0.29) is 74.5 Å². The average molecular weight is 563 g/mol. The minimum atomic E-state index is -4.82. The molecule has 0 saturated heterocycles. The average Bonchev–Trinajstić information content (AvgIpc) is 2.86. The zero-order valence-electron chi connectivity index (χ0n) is 20.8. The molecule has 0 aliphatic heterocycles. The van der Waals surface area contributed by atoms with Gasteiger partial charge in [-0.15, -0.1) is 0 Å². The minimum absolute atomic E-state index is 0. The van der Waals surface area contributed by atoms with Gasteiger partial charge in [0, 0.05) is 0 Å². The summed E-state index contributed by atoms with van der Waals surface area (Å²) in [6.45, 7) is 0. The van der Waals surface area contributed by atoms with Gasteiger partial charge in [-0.3, -0.25) is 0 Å². The maximum Gasteiger partial charge on any atom is 1.00 e. The fraction of sp³-hybridized carbons (Fsp3) is 0. The molecule has 0 amide bonds. The minimum Gasteiger partial charge on any atom is -0.744 e. The van der Waals surface area contributed by atoms with Crippen molar-refractivity contribution in [3.05, 3.63) is 119 Å². The molecule has 0 heterocycles. The fourth-order valence-electron chi connectivity index (χ4n) is 3.73. The van der Waals surface area contributed by atoms with Crippen LogP contribution in [0.4, 0.5) is 0 Å². The van der Waals surface area contributed by atoms with E-state index < -0.39 is 20.2 Å². The quantitative estimate of drug-likeness (QED) is 0.171. The number of hydrogen-bond donors (Lipinski definition) is 0. The topological polar surface area (TPSA) is 114 Å². The summed E-state index contributed by atoms with van der Waals surface area (Å²) in [5.74, 6) is 0. The zero-order valence-corrected chi connectivity index (χ0v) is 26.4. The van der Waals surface area contributed by atoms with Crippen molar-refractivity contribution in [1.29, 1.82) is 0 Å². The smallest absolute Gasteiger partial charge is 0.744 e. The molecule has 0 fully saturated rings. The normalized spacial score (nSPS) is 11.7. The Morgan fingerprint density at radius 3 is 1.42 bits per heavy atom. The molecule has 10 heteroatoms. The molecule has 4 aromatic carbocycles. The van der Waals surface area contributed by atoms with Gasteiger partial charge in [-0.2, -0.15) is 0 Å². The largest absolute Gasteiger partial charge is 1.00 e. The monoisotopic (exact) mass is 562 g/mol. The Labute approximate surface area is 267 Å². The van der Waals surface area contributed by atoms with Crippen molar-refractivity contribution in [2.75, 3.05) is 0 Å². The van der Waals surface area contributed by atoms with Gasteiger partial charge < -0.3 is 9.11 Å². The van der Waals surface area contributed by atoms with Crippen LogP contribution in [0.2, 0.25) is 0 Å². The van der Waals surface area contributed by atoms with Gasteiger partial charge >= 0.3 is 59.1 Å². The maximum atomic E-state index is 12.2. The van der Waals surface area contributed by atoms with Gasteiger partial charge in [-0.25, -0.2) is 16.8 Å². The predicted molar refractivity (Wildman–Crippen MR) is 139 cm³/mol. The van der Waals surface area contributed by atoms with E-state index in [0.717, 1.165) is 11.1 Å². The van der Waals surface area contributed by atoms with E-state index >= 15 is 0 Å². The third-order valence-electron chi connectivity index (χ3n) is 5.45. The Bertz CT molecular complexity index is 1650. The van der Waals surface area contributed by atoms with Crippen LogP contribution in [0.1, 0.15) is 22.3 Å². The second kappa shape index (κ2) is 14.0. The van der Waals surface area contributed by atoms with Crippen molar-refractivity contribution >= 4 is 44.5 Å². The molecular weight excluding hydrogens is 542 g/mol. The van der Waals surface area contributed by atoms with Crippen molar-refractivity contribution in [3.63, 3.8) is 0 Å². The van der Waals surface area contributed by atoms with Crippen LogP contribution < -0.4 is 59.1 Å². The molecule has 182 valence electrons. The van der Waals surface area contributed by atoms with Crippen LogP contribution in [0.25, 0.3) is 35.4 Å². The number of benzene rings is 4. The van der Waals surface area contributed by atoms with E-state index in [1.807, 2.05) is 60.7 Å². The van der Waals surface area contributed by atoms with Crippen molar-refractivity contribution in [3.8, 4) is 11.1 Å². The van der Waals surface area contributed by atoms with Crippen LogP contribution in [0.15, 0.2) is 107 Å². The first-order chi connectivity index (χ1) is 17.1. The Morgan fingerprint density at radius 2 is 0.974 bits per heavy atom. The molecule has 0 aromatic heterocycles. The van der Waals surface area contributed by atoms with Gasteiger partial charge in [0.05, 0.1) is 9.79 Å². The van der Waals surface area contributed by atoms with Gasteiger partial charge in [0.1, 0.15) is 20.2 Å². The molecule has 38 heavy (non-hydrogen) atoms. The Kier molecular flexibility index (Phi) is 11.9. The molecule has 0 unspecified atom stereocenters. The second-order valence-corrected chi connectivity index (χ2v) is 10.6. The standard InChI is InChI=1S/C28H22O6S2.2Na/c29-35(30,31)24-15-13-23(14-16-24)25-19-20-28(36(32,33)34)27(18-12-22-9-5-2-6-10-22)26(25)17-11-21-7-3-1-4-8-21;;/h1-20H,(H,29,30,31)(H,32,33,34);;/q;2*+1/p-2/b17-11+,18-12+;;. The number of rotatable bonds is 7. The van der Waals surface area contributed by atoms with E-state index in [1.54, 1.807) is 24.3 Å². The van der Waals surface area contributed by atoms with E-state index in [4.69, 9.17) is 0 Å². The van der Waals surface area contributed by atoms with E-state index in [1.165, 1.54) is 36.4 Å². The van der Waals surface area contributed by atoms with Crippen molar-refractivity contribution in [1.82, 2.24) is 0 Å². The van der Waals surface area contributed by atoms with Gasteiger partial charge in [0.15, 0.2) is 0 Å². The summed E-state index contributed by atoms with van der Waals surface area (Å²) in [6.07, 6.45) is 6.78. The molecule has 0 aliphatic rings. The summed E-state index contributed by atoms with van der Waals surface area (Å²) in [5, 5.41) is 0. The third kappa shape index (κ3) is 8.34. The van der Waals surface area contributed by atoms with Gasteiger partial charge in [0.25, 0.3) is 0 Å². The van der Waals surface area contributed by atoms with Crippen LogP contribution in [0, 0.1) is 0 Å². The molecule has 0 bridgehead atoms. The Balaban J connectivity index is 0.00000253. The second-order valence-electron chi connectivity index (χ2n) is 7.86.